The Morgan fingerprint density at radius 2 is 1.43 bits per heavy atom. The van der Waals surface area contributed by atoms with Gasteiger partial charge < -0.3 is 10.6 Å². The molecule has 9 heteroatoms. The Morgan fingerprint density at radius 3 is 2.07 bits per heavy atom. The number of benzene rings is 3. The van der Waals surface area contributed by atoms with Crippen molar-refractivity contribution >= 4 is 5.69 Å². The minimum atomic E-state index is -0.745. The molecule has 0 amide bonds. The number of nitrogens with zero attached hydrogens (tertiary/aromatic N) is 4. The van der Waals surface area contributed by atoms with Gasteiger partial charge in [0.2, 0.25) is 0 Å². The second kappa shape index (κ2) is 13.3. The van der Waals surface area contributed by atoms with Gasteiger partial charge in [-0.2, -0.15) is 0 Å². The fourth-order valence-corrected chi connectivity index (χ4v) is 5.69. The van der Waals surface area contributed by atoms with Crippen LogP contribution in [0, 0.1) is 18.6 Å². The first-order valence-corrected chi connectivity index (χ1v) is 14.4. The van der Waals surface area contributed by atoms with Crippen LogP contribution >= 0.6 is 0 Å². The van der Waals surface area contributed by atoms with Crippen molar-refractivity contribution in [1.82, 2.24) is 14.0 Å². The van der Waals surface area contributed by atoms with E-state index in [9.17, 15) is 18.4 Å². The molecule has 0 aliphatic carbocycles. The van der Waals surface area contributed by atoms with Crippen LogP contribution in [-0.2, 0) is 19.5 Å². The lowest BCUT2D eigenvalue weighted by Gasteiger charge is -2.37. The van der Waals surface area contributed by atoms with E-state index < -0.39 is 28.9 Å². The molecule has 1 aliphatic rings. The lowest BCUT2D eigenvalue weighted by atomic mass is 10.1. The van der Waals surface area contributed by atoms with E-state index in [-0.39, 0.29) is 18.7 Å². The molecule has 7 nitrogen and oxygen atoms in total. The third-order valence-electron chi connectivity index (χ3n) is 8.11. The van der Waals surface area contributed by atoms with Gasteiger partial charge in [0.05, 0.1) is 13.1 Å². The maximum atomic E-state index is 14.7. The fourth-order valence-electron chi connectivity index (χ4n) is 5.69. The van der Waals surface area contributed by atoms with Gasteiger partial charge in [-0.15, -0.1) is 0 Å². The van der Waals surface area contributed by atoms with Crippen LogP contribution in [0.5, 0.6) is 0 Å². The van der Waals surface area contributed by atoms with E-state index >= 15 is 0 Å². The molecule has 1 saturated heterocycles. The number of nitrogens with two attached hydrogens (primary N) is 1. The van der Waals surface area contributed by atoms with E-state index in [0.717, 1.165) is 54.7 Å². The van der Waals surface area contributed by atoms with Crippen molar-refractivity contribution < 1.29 is 8.78 Å². The molecule has 42 heavy (non-hydrogen) atoms. The molecule has 0 unspecified atom stereocenters. The minimum absolute atomic E-state index is 0.0613. The van der Waals surface area contributed by atoms with Crippen molar-refractivity contribution in [3.63, 3.8) is 0 Å². The molecule has 4 aromatic rings. The predicted octanol–water partition coefficient (Wildman–Crippen LogP) is 4.10. The lowest BCUT2D eigenvalue weighted by molar-refractivity contribution is 0.254. The van der Waals surface area contributed by atoms with Gasteiger partial charge in [-0.05, 0) is 49.6 Å². The largest absolute Gasteiger partial charge is 0.363 e. The Morgan fingerprint density at radius 1 is 0.810 bits per heavy atom. The van der Waals surface area contributed by atoms with Crippen molar-refractivity contribution in [2.24, 2.45) is 5.73 Å². The predicted molar refractivity (Wildman–Crippen MR) is 162 cm³/mol. The van der Waals surface area contributed by atoms with Gasteiger partial charge in [0.25, 0.3) is 5.56 Å². The zero-order valence-corrected chi connectivity index (χ0v) is 23.9. The maximum absolute atomic E-state index is 14.7. The summed E-state index contributed by atoms with van der Waals surface area (Å²) in [6.45, 7) is 4.94. The van der Waals surface area contributed by atoms with Crippen molar-refractivity contribution in [2.75, 3.05) is 37.6 Å². The molecule has 0 saturated carbocycles. The summed E-state index contributed by atoms with van der Waals surface area (Å²) in [5, 5.41) is 0. The van der Waals surface area contributed by atoms with Crippen molar-refractivity contribution in [2.45, 2.75) is 38.9 Å². The van der Waals surface area contributed by atoms with Gasteiger partial charge in [-0.3, -0.25) is 18.8 Å². The fraction of sp³-hybridized carbons (Fsp3) is 0.333. The van der Waals surface area contributed by atoms with E-state index in [1.807, 2.05) is 41.3 Å². The summed E-state index contributed by atoms with van der Waals surface area (Å²) in [5.74, 6) is -1.49. The standard InChI is InChI=1S/C33H37F2N5O2/c1-24-31(38-20-18-37(19-21-38)17-9-12-25-10-4-2-5-11-25)32(41)40(23-30(36)26-13-6-3-7-14-26)33(42)39(24)22-27-28(34)15-8-16-29(27)35/h2-8,10-11,13-16,30H,9,12,17-23,36H2,1H3/t30-/m1/s1. The molecule has 1 aromatic heterocycles. The van der Waals surface area contributed by atoms with Crippen LogP contribution in [0.1, 0.15) is 34.8 Å². The van der Waals surface area contributed by atoms with Gasteiger partial charge >= 0.3 is 5.69 Å². The molecule has 2 N–H and O–H groups in total. The van der Waals surface area contributed by atoms with Crippen LogP contribution in [-0.4, -0.2) is 46.8 Å². The van der Waals surface area contributed by atoms with Crippen LogP contribution in [0.25, 0.3) is 0 Å². The van der Waals surface area contributed by atoms with E-state index in [0.29, 0.717) is 24.5 Å². The lowest BCUT2D eigenvalue weighted by Crippen LogP contribution is -2.51. The summed E-state index contributed by atoms with van der Waals surface area (Å²) in [4.78, 5) is 32.0. The topological polar surface area (TPSA) is 76.5 Å². The highest BCUT2D eigenvalue weighted by Crippen LogP contribution is 2.20. The average molecular weight is 574 g/mol. The molecule has 5 rings (SSSR count). The van der Waals surface area contributed by atoms with Crippen molar-refractivity contribution in [1.29, 1.82) is 0 Å². The van der Waals surface area contributed by atoms with Crippen molar-refractivity contribution in [3.05, 3.63) is 134 Å². The number of rotatable bonds is 10. The summed E-state index contributed by atoms with van der Waals surface area (Å²) >= 11 is 0. The van der Waals surface area contributed by atoms with Crippen LogP contribution in [0.3, 0.4) is 0 Å². The van der Waals surface area contributed by atoms with Gasteiger partial charge in [0, 0.05) is 43.5 Å². The number of piperazine rings is 1. The van der Waals surface area contributed by atoms with Crippen LogP contribution < -0.4 is 21.9 Å². The summed E-state index contributed by atoms with van der Waals surface area (Å²) in [7, 11) is 0. The van der Waals surface area contributed by atoms with E-state index in [1.165, 1.54) is 16.2 Å². The Kier molecular flexibility index (Phi) is 9.29. The highest BCUT2D eigenvalue weighted by Gasteiger charge is 2.26. The first-order valence-electron chi connectivity index (χ1n) is 14.4. The molecule has 1 atom stereocenters. The van der Waals surface area contributed by atoms with Crippen LogP contribution in [0.15, 0.2) is 88.5 Å². The van der Waals surface area contributed by atoms with Gasteiger partial charge in [-0.25, -0.2) is 13.6 Å². The molecule has 220 valence electrons. The minimum Gasteiger partial charge on any atom is -0.363 e. The molecule has 0 bridgehead atoms. The molecular formula is C33H37F2N5O2. The average Bonchev–Trinajstić information content (AvgIpc) is 3.00. The Hall–Kier alpha value is -4.08. The highest BCUT2D eigenvalue weighted by molar-refractivity contribution is 5.49. The normalized spacial score (nSPS) is 14.7. The SMILES string of the molecule is Cc1c(N2CCN(CCCc3ccccc3)CC2)c(=O)n(C[C@@H](N)c2ccccc2)c(=O)n1Cc1c(F)cccc1F. The third-order valence-corrected chi connectivity index (χ3v) is 8.11. The molecule has 0 spiro atoms. The van der Waals surface area contributed by atoms with Crippen LogP contribution in [0.2, 0.25) is 0 Å². The van der Waals surface area contributed by atoms with Gasteiger partial charge in [0.15, 0.2) is 0 Å². The van der Waals surface area contributed by atoms with E-state index in [1.54, 1.807) is 6.92 Å². The zero-order chi connectivity index (χ0) is 29.6. The Bertz CT molecular complexity index is 1590. The second-order valence-corrected chi connectivity index (χ2v) is 10.9. The summed E-state index contributed by atoms with van der Waals surface area (Å²) in [5.41, 5.74) is 7.98. The monoisotopic (exact) mass is 573 g/mol. The number of halogens is 2. The third kappa shape index (κ3) is 6.53. The number of anilines is 1. The number of aryl methyl sites for hydroxylation is 1. The molecule has 2 heterocycles. The Labute approximate surface area is 244 Å². The van der Waals surface area contributed by atoms with Gasteiger partial charge in [-0.1, -0.05) is 66.7 Å². The van der Waals surface area contributed by atoms with E-state index in [2.05, 4.69) is 29.2 Å². The molecule has 0 radical (unpaired) electrons. The first-order chi connectivity index (χ1) is 20.3. The van der Waals surface area contributed by atoms with Gasteiger partial charge in [0.1, 0.15) is 17.3 Å². The summed E-state index contributed by atoms with van der Waals surface area (Å²) in [6, 6.07) is 22.6. The number of hydrogen-bond acceptors (Lipinski definition) is 5. The quantitative estimate of drug-likeness (QED) is 0.309. The molecule has 3 aromatic carbocycles. The van der Waals surface area contributed by atoms with Crippen molar-refractivity contribution in [3.8, 4) is 0 Å². The highest BCUT2D eigenvalue weighted by atomic mass is 19.1. The Balaban J connectivity index is 1.42. The zero-order valence-electron chi connectivity index (χ0n) is 23.9. The first kappa shape index (κ1) is 29.4. The maximum Gasteiger partial charge on any atom is 0.331 e. The molecule has 1 fully saturated rings. The smallest absolute Gasteiger partial charge is 0.331 e. The van der Waals surface area contributed by atoms with E-state index in [4.69, 9.17) is 5.73 Å². The van der Waals surface area contributed by atoms with Crippen LogP contribution in [0.4, 0.5) is 14.5 Å². The molecule has 1 aliphatic heterocycles. The number of aromatic nitrogens is 2. The summed E-state index contributed by atoms with van der Waals surface area (Å²) in [6.07, 6.45) is 2.04. The number of hydrogen-bond donors (Lipinski definition) is 1. The molecular weight excluding hydrogens is 536 g/mol. The second-order valence-electron chi connectivity index (χ2n) is 10.9. The summed E-state index contributed by atoms with van der Waals surface area (Å²) < 4.78 is 31.7.